The Labute approximate surface area is 105 Å². The Balaban J connectivity index is 2.26. The standard InChI is InChI=1S/C13H15FO2S/c1-10(2)9-16-13(15)7-8-17-12-6-4-3-5-11(12)14/h3-6H,1,7-9H2,2H3. The topological polar surface area (TPSA) is 26.3 Å². The minimum Gasteiger partial charge on any atom is -0.461 e. The second-order valence-electron chi connectivity index (χ2n) is 3.65. The summed E-state index contributed by atoms with van der Waals surface area (Å²) in [5, 5.41) is 0. The van der Waals surface area contributed by atoms with E-state index in [9.17, 15) is 9.18 Å². The summed E-state index contributed by atoms with van der Waals surface area (Å²) in [6.07, 6.45) is 0.270. The van der Waals surface area contributed by atoms with Crippen LogP contribution in [-0.2, 0) is 9.53 Å². The summed E-state index contributed by atoms with van der Waals surface area (Å²) in [5.74, 6) is -0.0275. The predicted molar refractivity (Wildman–Crippen MR) is 67.5 cm³/mol. The van der Waals surface area contributed by atoms with Gasteiger partial charge in [0.2, 0.25) is 0 Å². The van der Waals surface area contributed by atoms with Crippen molar-refractivity contribution in [1.82, 2.24) is 0 Å². The zero-order chi connectivity index (χ0) is 12.7. The molecular weight excluding hydrogens is 239 g/mol. The fourth-order valence-electron chi connectivity index (χ4n) is 1.08. The Morgan fingerprint density at radius 3 is 2.82 bits per heavy atom. The fourth-order valence-corrected chi connectivity index (χ4v) is 1.95. The van der Waals surface area contributed by atoms with E-state index in [1.807, 2.05) is 0 Å². The number of carbonyl (C=O) groups excluding carboxylic acids is 1. The Kier molecular flexibility index (Phi) is 5.77. The molecule has 1 aromatic rings. The van der Waals surface area contributed by atoms with Gasteiger partial charge in [0.15, 0.2) is 0 Å². The van der Waals surface area contributed by atoms with Gasteiger partial charge < -0.3 is 4.74 Å². The molecular formula is C13H15FO2S. The van der Waals surface area contributed by atoms with Gasteiger partial charge in [-0.1, -0.05) is 18.7 Å². The number of benzene rings is 1. The van der Waals surface area contributed by atoms with Crippen molar-refractivity contribution in [2.24, 2.45) is 0 Å². The van der Waals surface area contributed by atoms with Gasteiger partial charge in [-0.05, 0) is 24.6 Å². The van der Waals surface area contributed by atoms with Gasteiger partial charge in [0.25, 0.3) is 0 Å². The van der Waals surface area contributed by atoms with Crippen molar-refractivity contribution in [2.75, 3.05) is 12.4 Å². The maximum Gasteiger partial charge on any atom is 0.306 e. The van der Waals surface area contributed by atoms with E-state index >= 15 is 0 Å². The molecule has 17 heavy (non-hydrogen) atoms. The highest BCUT2D eigenvalue weighted by Crippen LogP contribution is 2.21. The number of esters is 1. The van der Waals surface area contributed by atoms with E-state index in [1.165, 1.54) is 17.8 Å². The van der Waals surface area contributed by atoms with Crippen molar-refractivity contribution in [1.29, 1.82) is 0 Å². The van der Waals surface area contributed by atoms with Crippen LogP contribution in [0.1, 0.15) is 13.3 Å². The summed E-state index contributed by atoms with van der Waals surface area (Å²) in [5.41, 5.74) is 0.806. The first-order chi connectivity index (χ1) is 8.09. The van der Waals surface area contributed by atoms with E-state index < -0.39 is 0 Å². The average molecular weight is 254 g/mol. The number of halogens is 1. The molecule has 0 aliphatic heterocycles. The fraction of sp³-hybridized carbons (Fsp3) is 0.308. The van der Waals surface area contributed by atoms with Gasteiger partial charge in [-0.15, -0.1) is 11.8 Å². The highest BCUT2D eigenvalue weighted by Gasteiger charge is 2.05. The molecule has 0 heterocycles. The van der Waals surface area contributed by atoms with Crippen LogP contribution < -0.4 is 0 Å². The first-order valence-electron chi connectivity index (χ1n) is 5.27. The zero-order valence-electron chi connectivity index (χ0n) is 9.74. The van der Waals surface area contributed by atoms with Crippen molar-refractivity contribution in [3.63, 3.8) is 0 Å². The van der Waals surface area contributed by atoms with Crippen LogP contribution in [-0.4, -0.2) is 18.3 Å². The number of thioether (sulfide) groups is 1. The van der Waals surface area contributed by atoms with Crippen LogP contribution in [0.3, 0.4) is 0 Å². The normalized spacial score (nSPS) is 10.0. The molecule has 1 aromatic carbocycles. The highest BCUT2D eigenvalue weighted by molar-refractivity contribution is 7.99. The summed E-state index contributed by atoms with van der Waals surface area (Å²) >= 11 is 1.31. The average Bonchev–Trinajstić information content (AvgIpc) is 2.29. The quantitative estimate of drug-likeness (QED) is 0.442. The summed E-state index contributed by atoms with van der Waals surface area (Å²) < 4.78 is 18.1. The Bertz CT molecular complexity index is 404. The van der Waals surface area contributed by atoms with Gasteiger partial charge in [-0.25, -0.2) is 4.39 Å². The van der Waals surface area contributed by atoms with Crippen LogP contribution in [0.2, 0.25) is 0 Å². The summed E-state index contributed by atoms with van der Waals surface area (Å²) in [7, 11) is 0. The van der Waals surface area contributed by atoms with E-state index in [0.717, 1.165) is 5.57 Å². The lowest BCUT2D eigenvalue weighted by Crippen LogP contribution is -2.07. The Hall–Kier alpha value is -1.29. The van der Waals surface area contributed by atoms with Crippen LogP contribution in [0.15, 0.2) is 41.3 Å². The van der Waals surface area contributed by atoms with Crippen molar-refractivity contribution in [2.45, 2.75) is 18.2 Å². The number of hydrogen-bond acceptors (Lipinski definition) is 3. The van der Waals surface area contributed by atoms with Crippen molar-refractivity contribution in [3.8, 4) is 0 Å². The molecule has 1 rings (SSSR count). The first-order valence-corrected chi connectivity index (χ1v) is 6.25. The molecule has 0 bridgehead atoms. The second kappa shape index (κ2) is 7.12. The molecule has 0 aliphatic rings. The van der Waals surface area contributed by atoms with Gasteiger partial charge in [-0.3, -0.25) is 4.79 Å². The molecule has 0 unspecified atom stereocenters. The number of hydrogen-bond donors (Lipinski definition) is 0. The molecule has 0 spiro atoms. The predicted octanol–water partition coefficient (Wildman–Crippen LogP) is 3.43. The van der Waals surface area contributed by atoms with E-state index in [0.29, 0.717) is 10.6 Å². The Morgan fingerprint density at radius 2 is 2.18 bits per heavy atom. The monoisotopic (exact) mass is 254 g/mol. The van der Waals surface area contributed by atoms with Crippen LogP contribution in [0.25, 0.3) is 0 Å². The van der Waals surface area contributed by atoms with Crippen LogP contribution in [0.4, 0.5) is 4.39 Å². The largest absolute Gasteiger partial charge is 0.461 e. The SMILES string of the molecule is C=C(C)COC(=O)CCSc1ccccc1F. The minimum absolute atomic E-state index is 0.253. The molecule has 2 nitrogen and oxygen atoms in total. The molecule has 0 N–H and O–H groups in total. The van der Waals surface area contributed by atoms with E-state index in [-0.39, 0.29) is 24.8 Å². The number of carbonyl (C=O) groups is 1. The molecule has 0 atom stereocenters. The minimum atomic E-state index is -0.281. The maximum absolute atomic E-state index is 13.2. The van der Waals surface area contributed by atoms with Gasteiger partial charge >= 0.3 is 5.97 Å². The third-order valence-electron chi connectivity index (χ3n) is 1.88. The number of rotatable bonds is 6. The second-order valence-corrected chi connectivity index (χ2v) is 4.78. The van der Waals surface area contributed by atoms with E-state index in [4.69, 9.17) is 4.74 Å². The Morgan fingerprint density at radius 1 is 1.47 bits per heavy atom. The lowest BCUT2D eigenvalue weighted by molar-refractivity contribution is -0.142. The molecule has 0 aromatic heterocycles. The third-order valence-corrected chi connectivity index (χ3v) is 2.93. The van der Waals surface area contributed by atoms with Crippen molar-refractivity contribution < 1.29 is 13.9 Å². The lowest BCUT2D eigenvalue weighted by atomic mass is 10.3. The lowest BCUT2D eigenvalue weighted by Gasteiger charge is -2.04. The van der Waals surface area contributed by atoms with E-state index in [2.05, 4.69) is 6.58 Å². The van der Waals surface area contributed by atoms with Gasteiger partial charge in [0, 0.05) is 10.6 Å². The third kappa shape index (κ3) is 5.54. The first kappa shape index (κ1) is 13.8. The molecule has 0 aliphatic carbocycles. The van der Waals surface area contributed by atoms with Gasteiger partial charge in [0.1, 0.15) is 12.4 Å². The highest BCUT2D eigenvalue weighted by atomic mass is 32.2. The molecule has 0 amide bonds. The summed E-state index contributed by atoms with van der Waals surface area (Å²) in [6.45, 7) is 5.68. The molecule has 0 radical (unpaired) electrons. The smallest absolute Gasteiger partial charge is 0.306 e. The molecule has 92 valence electrons. The van der Waals surface area contributed by atoms with Crippen LogP contribution in [0.5, 0.6) is 0 Å². The number of ether oxygens (including phenoxy) is 1. The molecule has 0 saturated carbocycles. The zero-order valence-corrected chi connectivity index (χ0v) is 10.6. The van der Waals surface area contributed by atoms with Crippen LogP contribution >= 0.6 is 11.8 Å². The molecule has 4 heteroatoms. The van der Waals surface area contributed by atoms with Gasteiger partial charge in [0.05, 0.1) is 6.42 Å². The van der Waals surface area contributed by atoms with E-state index in [1.54, 1.807) is 25.1 Å². The van der Waals surface area contributed by atoms with Crippen LogP contribution in [0, 0.1) is 5.82 Å². The summed E-state index contributed by atoms with van der Waals surface area (Å²) in [6, 6.07) is 6.51. The molecule has 0 saturated heterocycles. The van der Waals surface area contributed by atoms with Crippen molar-refractivity contribution in [3.05, 3.63) is 42.2 Å². The molecule has 0 fully saturated rings. The maximum atomic E-state index is 13.2. The van der Waals surface area contributed by atoms with Gasteiger partial charge in [-0.2, -0.15) is 0 Å². The van der Waals surface area contributed by atoms with Crippen molar-refractivity contribution >= 4 is 17.7 Å². The summed E-state index contributed by atoms with van der Waals surface area (Å²) in [4.78, 5) is 11.8.